The maximum atomic E-state index is 6.36. The van der Waals surface area contributed by atoms with Crippen molar-refractivity contribution in [1.29, 1.82) is 0 Å². The van der Waals surface area contributed by atoms with Gasteiger partial charge in [-0.1, -0.05) is 19.0 Å². The lowest BCUT2D eigenvalue weighted by Crippen LogP contribution is -2.53. The van der Waals surface area contributed by atoms with Crippen LogP contribution in [0.3, 0.4) is 0 Å². The van der Waals surface area contributed by atoms with E-state index in [4.69, 9.17) is 8.23 Å². The predicted molar refractivity (Wildman–Crippen MR) is 79.9 cm³/mol. The van der Waals surface area contributed by atoms with Crippen molar-refractivity contribution in [3.8, 4) is 0 Å². The zero-order valence-corrected chi connectivity index (χ0v) is 15.0. The first-order chi connectivity index (χ1) is 7.04. The van der Waals surface area contributed by atoms with E-state index in [1.165, 1.54) is 0 Å². The average Bonchev–Trinajstić information content (AvgIpc) is 1.98. The molecule has 5 heteroatoms. The maximum absolute atomic E-state index is 6.36. The molecule has 0 bridgehead atoms. The van der Waals surface area contributed by atoms with Crippen molar-refractivity contribution >= 4 is 25.2 Å². The molecule has 0 rings (SSSR count). The van der Waals surface area contributed by atoms with Crippen molar-refractivity contribution in [2.45, 2.75) is 58.7 Å². The molecule has 0 aromatic rings. The molecule has 0 saturated heterocycles. The van der Waals surface area contributed by atoms with Gasteiger partial charge in [0, 0.05) is 0 Å². The Morgan fingerprint density at radius 1 is 0.938 bits per heavy atom. The summed E-state index contributed by atoms with van der Waals surface area (Å²) < 4.78 is 12.7. The second kappa shape index (κ2) is 5.77. The van der Waals surface area contributed by atoms with Gasteiger partial charge in [0.15, 0.2) is 16.6 Å². The van der Waals surface area contributed by atoms with E-state index in [9.17, 15) is 0 Å². The summed E-state index contributed by atoms with van der Waals surface area (Å²) in [7, 11) is -5.28. The Bertz CT molecular complexity index is 212. The number of rotatable bonds is 7. The zero-order valence-electron chi connectivity index (χ0n) is 12.0. The van der Waals surface area contributed by atoms with Gasteiger partial charge in [0.1, 0.15) is 0 Å². The van der Waals surface area contributed by atoms with Gasteiger partial charge in [0.25, 0.3) is 0 Å². The summed E-state index contributed by atoms with van der Waals surface area (Å²) in [5.74, 6) is 0. The molecule has 0 aromatic heterocycles. The summed E-state index contributed by atoms with van der Waals surface area (Å²) in [6, 6.07) is 1.03. The van der Waals surface area contributed by atoms with Gasteiger partial charge in [-0.05, 0) is 45.3 Å². The van der Waals surface area contributed by atoms with Crippen LogP contribution in [0.5, 0.6) is 0 Å². The van der Waals surface area contributed by atoms with Crippen LogP contribution in [0.1, 0.15) is 13.3 Å². The van der Waals surface area contributed by atoms with Crippen molar-refractivity contribution in [3.05, 3.63) is 12.3 Å². The average molecular weight is 277 g/mol. The molecule has 2 nitrogen and oxygen atoms in total. The van der Waals surface area contributed by atoms with Crippen LogP contribution in [0.2, 0.25) is 45.3 Å². The van der Waals surface area contributed by atoms with E-state index < -0.39 is 25.2 Å². The monoisotopic (exact) mass is 276 g/mol. The molecular formula is C11H28O2Si3. The van der Waals surface area contributed by atoms with Crippen LogP contribution >= 0.6 is 0 Å². The third kappa shape index (κ3) is 6.80. The van der Waals surface area contributed by atoms with E-state index in [1.807, 2.05) is 5.70 Å². The van der Waals surface area contributed by atoms with E-state index >= 15 is 0 Å². The molecule has 0 N–H and O–H groups in total. The van der Waals surface area contributed by atoms with Crippen LogP contribution in [0.25, 0.3) is 0 Å². The highest BCUT2D eigenvalue weighted by molar-refractivity contribution is 6.90. The van der Waals surface area contributed by atoms with Crippen LogP contribution < -0.4 is 0 Å². The number of hydrogen-bond donors (Lipinski definition) is 0. The van der Waals surface area contributed by atoms with E-state index in [0.29, 0.717) is 0 Å². The first-order valence-electron chi connectivity index (χ1n) is 6.07. The second-order valence-electron chi connectivity index (χ2n) is 6.19. The summed E-state index contributed by atoms with van der Waals surface area (Å²) >= 11 is 0. The van der Waals surface area contributed by atoms with Crippen molar-refractivity contribution in [3.63, 3.8) is 0 Å². The van der Waals surface area contributed by atoms with Crippen LogP contribution in [-0.2, 0) is 8.23 Å². The molecule has 0 saturated carbocycles. The SMILES string of the molecule is C=C[Si](CCC)(O[Si](C)(C)C)O[Si](C)(C)C. The summed E-state index contributed by atoms with van der Waals surface area (Å²) in [5, 5.41) is 0. The lowest BCUT2D eigenvalue weighted by molar-refractivity contribution is 0.390. The third-order valence-electron chi connectivity index (χ3n) is 1.87. The summed E-state index contributed by atoms with van der Waals surface area (Å²) in [5.41, 5.74) is 1.99. The highest BCUT2D eigenvalue weighted by Crippen LogP contribution is 2.26. The smallest absolute Gasteiger partial charge is 0.343 e. The molecule has 0 unspecified atom stereocenters. The Hall–Kier alpha value is 0.311. The highest BCUT2D eigenvalue weighted by Gasteiger charge is 2.41. The molecule has 0 spiro atoms. The first-order valence-corrected chi connectivity index (χ1v) is 15.0. The van der Waals surface area contributed by atoms with E-state index in [0.717, 1.165) is 12.5 Å². The van der Waals surface area contributed by atoms with E-state index in [1.54, 1.807) is 0 Å². The Balaban J connectivity index is 4.92. The van der Waals surface area contributed by atoms with Crippen molar-refractivity contribution in [1.82, 2.24) is 0 Å². The van der Waals surface area contributed by atoms with Gasteiger partial charge in [0.2, 0.25) is 0 Å². The van der Waals surface area contributed by atoms with Gasteiger partial charge in [0.05, 0.1) is 0 Å². The summed E-state index contributed by atoms with van der Waals surface area (Å²) in [6.45, 7) is 19.5. The van der Waals surface area contributed by atoms with Crippen LogP contribution in [0.4, 0.5) is 0 Å². The molecule has 16 heavy (non-hydrogen) atoms. The maximum Gasteiger partial charge on any atom is 0.343 e. The largest absolute Gasteiger partial charge is 0.434 e. The standard InChI is InChI=1S/C11H28O2Si3/c1-9-11-16(10-2,12-14(3,4)5)13-15(6,7)8/h10H,2,9,11H2,1,3-8H3. The van der Waals surface area contributed by atoms with Crippen molar-refractivity contribution in [2.75, 3.05) is 0 Å². The van der Waals surface area contributed by atoms with Crippen LogP contribution in [-0.4, -0.2) is 25.2 Å². The molecule has 0 fully saturated rings. The van der Waals surface area contributed by atoms with Gasteiger partial charge < -0.3 is 8.23 Å². The summed E-state index contributed by atoms with van der Waals surface area (Å²) in [4.78, 5) is 0. The Labute approximate surface area is 105 Å². The Morgan fingerprint density at radius 2 is 1.31 bits per heavy atom. The molecule has 0 amide bonds. The molecule has 0 aromatic carbocycles. The first kappa shape index (κ1) is 16.3. The van der Waals surface area contributed by atoms with E-state index in [-0.39, 0.29) is 0 Å². The Morgan fingerprint density at radius 3 is 1.50 bits per heavy atom. The predicted octanol–water partition coefficient (Wildman–Crippen LogP) is 4.27. The fourth-order valence-electron chi connectivity index (χ4n) is 1.69. The molecule has 0 aliphatic heterocycles. The molecule has 96 valence electrons. The van der Waals surface area contributed by atoms with Gasteiger partial charge in [-0.25, -0.2) is 0 Å². The van der Waals surface area contributed by atoms with Crippen LogP contribution in [0, 0.1) is 0 Å². The highest BCUT2D eigenvalue weighted by atomic mass is 28.5. The fraction of sp³-hybridized carbons (Fsp3) is 0.818. The van der Waals surface area contributed by atoms with E-state index in [2.05, 4.69) is 52.8 Å². The topological polar surface area (TPSA) is 18.5 Å². The molecule has 0 atom stereocenters. The quantitative estimate of drug-likeness (QED) is 0.647. The molecular weight excluding hydrogens is 248 g/mol. The summed E-state index contributed by atoms with van der Waals surface area (Å²) in [6.07, 6.45) is 1.10. The minimum atomic E-state index is -2.15. The third-order valence-corrected chi connectivity index (χ3v) is 11.3. The van der Waals surface area contributed by atoms with Gasteiger partial charge in [-0.2, -0.15) is 0 Å². The normalized spacial score (nSPS) is 13.9. The van der Waals surface area contributed by atoms with Gasteiger partial charge >= 0.3 is 8.56 Å². The molecule has 0 heterocycles. The minimum Gasteiger partial charge on any atom is -0.434 e. The number of hydrogen-bond acceptors (Lipinski definition) is 2. The van der Waals surface area contributed by atoms with Crippen LogP contribution in [0.15, 0.2) is 12.3 Å². The van der Waals surface area contributed by atoms with Crippen molar-refractivity contribution in [2.24, 2.45) is 0 Å². The lowest BCUT2D eigenvalue weighted by atomic mass is 10.6. The Kier molecular flexibility index (Phi) is 5.88. The molecule has 0 aliphatic rings. The second-order valence-corrected chi connectivity index (χ2v) is 18.8. The van der Waals surface area contributed by atoms with Gasteiger partial charge in [-0.15, -0.1) is 6.58 Å². The van der Waals surface area contributed by atoms with Gasteiger partial charge in [-0.3, -0.25) is 0 Å². The lowest BCUT2D eigenvalue weighted by Gasteiger charge is -2.38. The zero-order chi connectivity index (χ0) is 13.0. The fourth-order valence-corrected chi connectivity index (χ4v) is 12.9. The van der Waals surface area contributed by atoms with Crippen molar-refractivity contribution < 1.29 is 8.23 Å². The minimum absolute atomic E-state index is 1.03. The molecule has 0 aliphatic carbocycles. The molecule has 0 radical (unpaired) electrons.